The van der Waals surface area contributed by atoms with E-state index in [4.69, 9.17) is 4.74 Å². The van der Waals surface area contributed by atoms with E-state index in [0.717, 1.165) is 18.6 Å². The number of piperidine rings is 1. The van der Waals surface area contributed by atoms with Gasteiger partial charge in [0.2, 0.25) is 0 Å². The number of likely N-dealkylation sites (tertiary alicyclic amines) is 1. The van der Waals surface area contributed by atoms with Crippen LogP contribution < -0.4 is 4.74 Å². The minimum absolute atomic E-state index is 0.241. The average molecular weight is 281 g/mol. The zero-order chi connectivity index (χ0) is 14.6. The van der Waals surface area contributed by atoms with E-state index in [1.165, 1.54) is 29.7 Å². The highest BCUT2D eigenvalue weighted by Gasteiger charge is 2.52. The Balaban J connectivity index is 1.93. The number of benzene rings is 1. The van der Waals surface area contributed by atoms with E-state index in [1.807, 2.05) is 0 Å². The summed E-state index contributed by atoms with van der Waals surface area (Å²) in [6, 6.07) is 7.30. The van der Waals surface area contributed by atoms with Crippen molar-refractivity contribution in [3.8, 4) is 5.75 Å². The number of hydrogen-bond acceptors (Lipinski definition) is 2. The Hall–Kier alpha value is -1.54. The first-order valence-corrected chi connectivity index (χ1v) is 7.88. The number of methoxy groups -OCH3 is 1. The van der Waals surface area contributed by atoms with Crippen molar-refractivity contribution in [2.24, 2.45) is 5.92 Å². The summed E-state index contributed by atoms with van der Waals surface area (Å²) >= 11 is 0. The van der Waals surface area contributed by atoms with E-state index in [9.17, 15) is 0 Å². The lowest BCUT2D eigenvalue weighted by atomic mass is 9.53. The number of allylic oxidation sites excluding steroid dienone is 2. The van der Waals surface area contributed by atoms with Gasteiger partial charge < -0.3 is 9.64 Å². The van der Waals surface area contributed by atoms with Gasteiger partial charge in [-0.15, -0.1) is 0 Å². The Kier molecular flexibility index (Phi) is 2.80. The van der Waals surface area contributed by atoms with E-state index in [0.29, 0.717) is 12.0 Å². The van der Waals surface area contributed by atoms with Gasteiger partial charge in [0.1, 0.15) is 5.75 Å². The largest absolute Gasteiger partial charge is 0.497 e. The van der Waals surface area contributed by atoms with Gasteiger partial charge in [-0.3, -0.25) is 0 Å². The maximum Gasteiger partial charge on any atom is 0.119 e. The molecule has 4 rings (SSSR count). The van der Waals surface area contributed by atoms with Gasteiger partial charge in [-0.2, -0.15) is 0 Å². The zero-order valence-electron chi connectivity index (χ0n) is 12.9. The molecule has 0 spiro atoms. The Labute approximate surface area is 127 Å². The summed E-state index contributed by atoms with van der Waals surface area (Å²) in [5.74, 6) is 1.60. The van der Waals surface area contributed by atoms with E-state index in [-0.39, 0.29) is 5.41 Å². The topological polar surface area (TPSA) is 12.5 Å². The molecule has 1 aromatic carbocycles. The molecule has 21 heavy (non-hydrogen) atoms. The molecule has 0 aromatic heterocycles. The summed E-state index contributed by atoms with van der Waals surface area (Å²) in [5, 5.41) is 0. The molecule has 2 aliphatic carbocycles. The number of hydrogen-bond donors (Lipinski definition) is 0. The number of nitrogens with zero attached hydrogens (tertiary/aromatic N) is 1. The van der Waals surface area contributed by atoms with E-state index < -0.39 is 0 Å². The number of rotatable bonds is 1. The van der Waals surface area contributed by atoms with Crippen LogP contribution >= 0.6 is 0 Å². The molecule has 0 saturated carbocycles. The van der Waals surface area contributed by atoms with Gasteiger partial charge in [-0.1, -0.05) is 30.4 Å². The predicted octanol–water partition coefficient (Wildman–Crippen LogP) is 3.33. The molecule has 2 bridgehead atoms. The number of likely N-dealkylation sites (N-methyl/N-ethyl adjacent to an activating group) is 1. The van der Waals surface area contributed by atoms with Crippen molar-refractivity contribution in [1.82, 2.24) is 4.90 Å². The number of ether oxygens (including phenoxy) is 1. The molecule has 0 amide bonds. The lowest BCUT2D eigenvalue weighted by Crippen LogP contribution is -2.59. The molecule has 3 atom stereocenters. The van der Waals surface area contributed by atoms with Crippen LogP contribution in [0.2, 0.25) is 0 Å². The summed E-state index contributed by atoms with van der Waals surface area (Å²) in [6.07, 6.45) is 8.14. The molecule has 110 valence electrons. The SMILES string of the molecule is C=C1C=C[C@@H]2[C@H]3Cc4ccc(OC)cc4[C@@]2(CCN3C)C1. The Morgan fingerprint density at radius 2 is 2.24 bits per heavy atom. The second kappa shape index (κ2) is 4.48. The highest BCUT2D eigenvalue weighted by molar-refractivity contribution is 5.49. The fourth-order valence-corrected chi connectivity index (χ4v) is 4.81. The van der Waals surface area contributed by atoms with Crippen LogP contribution in [-0.4, -0.2) is 31.6 Å². The molecule has 1 fully saturated rings. The second-order valence-corrected chi connectivity index (χ2v) is 6.90. The van der Waals surface area contributed by atoms with Gasteiger partial charge >= 0.3 is 0 Å². The third kappa shape index (κ3) is 1.75. The second-order valence-electron chi connectivity index (χ2n) is 6.90. The molecule has 0 unspecified atom stereocenters. The van der Waals surface area contributed by atoms with Gasteiger partial charge in [0.25, 0.3) is 0 Å². The monoisotopic (exact) mass is 281 g/mol. The minimum Gasteiger partial charge on any atom is -0.497 e. The third-order valence-electron chi connectivity index (χ3n) is 5.89. The Morgan fingerprint density at radius 3 is 3.05 bits per heavy atom. The molecular formula is C19H23NO. The Morgan fingerprint density at radius 1 is 1.38 bits per heavy atom. The third-order valence-corrected chi connectivity index (χ3v) is 5.89. The van der Waals surface area contributed by atoms with Crippen molar-refractivity contribution in [3.63, 3.8) is 0 Å². The van der Waals surface area contributed by atoms with Crippen LogP contribution in [0.5, 0.6) is 5.75 Å². The molecule has 3 aliphatic rings. The van der Waals surface area contributed by atoms with Crippen molar-refractivity contribution < 1.29 is 4.74 Å². The molecular weight excluding hydrogens is 258 g/mol. The van der Waals surface area contributed by atoms with Gasteiger partial charge in [-0.05, 0) is 56.1 Å². The number of fused-ring (bicyclic) bond motifs is 1. The minimum atomic E-state index is 0.241. The molecule has 1 aliphatic heterocycles. The molecule has 0 N–H and O–H groups in total. The van der Waals surface area contributed by atoms with Crippen LogP contribution in [0.25, 0.3) is 0 Å². The summed E-state index contributed by atoms with van der Waals surface area (Å²) in [5.41, 5.74) is 4.53. The van der Waals surface area contributed by atoms with Gasteiger partial charge in [0, 0.05) is 17.4 Å². The van der Waals surface area contributed by atoms with Crippen molar-refractivity contribution in [3.05, 3.63) is 53.6 Å². The molecule has 1 heterocycles. The van der Waals surface area contributed by atoms with Crippen molar-refractivity contribution >= 4 is 0 Å². The fourth-order valence-electron chi connectivity index (χ4n) is 4.81. The first kappa shape index (κ1) is 13.1. The molecule has 1 saturated heterocycles. The van der Waals surface area contributed by atoms with Crippen molar-refractivity contribution in [2.45, 2.75) is 30.7 Å². The van der Waals surface area contributed by atoms with Crippen LogP contribution in [0.4, 0.5) is 0 Å². The van der Waals surface area contributed by atoms with Gasteiger partial charge in [0.05, 0.1) is 7.11 Å². The summed E-state index contributed by atoms with van der Waals surface area (Å²) in [6.45, 7) is 5.43. The van der Waals surface area contributed by atoms with Crippen LogP contribution in [0.15, 0.2) is 42.5 Å². The van der Waals surface area contributed by atoms with Crippen LogP contribution in [0.3, 0.4) is 0 Å². The Bertz CT molecular complexity index is 632. The van der Waals surface area contributed by atoms with Gasteiger partial charge in [0.15, 0.2) is 0 Å². The smallest absolute Gasteiger partial charge is 0.119 e. The maximum atomic E-state index is 5.49. The maximum absolute atomic E-state index is 5.49. The average Bonchev–Trinajstić information content (AvgIpc) is 2.50. The zero-order valence-corrected chi connectivity index (χ0v) is 12.9. The van der Waals surface area contributed by atoms with Crippen LogP contribution in [0.1, 0.15) is 24.0 Å². The quantitative estimate of drug-likeness (QED) is 0.783. The highest BCUT2D eigenvalue weighted by Crippen LogP contribution is 2.54. The molecule has 2 nitrogen and oxygen atoms in total. The van der Waals surface area contributed by atoms with E-state index in [2.05, 4.69) is 48.9 Å². The first-order chi connectivity index (χ1) is 10.1. The van der Waals surface area contributed by atoms with Crippen LogP contribution in [0, 0.1) is 5.92 Å². The molecule has 2 heteroatoms. The summed E-state index contributed by atoms with van der Waals surface area (Å²) < 4.78 is 5.49. The van der Waals surface area contributed by atoms with E-state index in [1.54, 1.807) is 7.11 Å². The van der Waals surface area contributed by atoms with Crippen LogP contribution in [-0.2, 0) is 11.8 Å². The lowest BCUT2D eigenvalue weighted by molar-refractivity contribution is 0.0541. The highest BCUT2D eigenvalue weighted by atomic mass is 16.5. The van der Waals surface area contributed by atoms with Crippen molar-refractivity contribution in [2.75, 3.05) is 20.7 Å². The molecule has 1 aromatic rings. The predicted molar refractivity (Wildman–Crippen MR) is 85.8 cm³/mol. The standard InChI is InChI=1S/C19H23NO/c1-13-4-7-16-18-10-14-5-6-15(21-3)11-17(14)19(16,12-13)8-9-20(18)2/h4-7,11,16,18H,1,8-10,12H2,2-3H3/t16-,18-,19+/m1/s1. The molecule has 0 radical (unpaired) electrons. The fraction of sp³-hybridized carbons (Fsp3) is 0.474. The summed E-state index contributed by atoms with van der Waals surface area (Å²) in [4.78, 5) is 2.55. The van der Waals surface area contributed by atoms with Crippen molar-refractivity contribution in [1.29, 1.82) is 0 Å². The van der Waals surface area contributed by atoms with E-state index >= 15 is 0 Å². The summed E-state index contributed by atoms with van der Waals surface area (Å²) in [7, 11) is 4.04. The normalized spacial score (nSPS) is 34.3. The first-order valence-electron chi connectivity index (χ1n) is 7.88. The lowest BCUT2D eigenvalue weighted by Gasteiger charge is -2.57. The van der Waals surface area contributed by atoms with Gasteiger partial charge in [-0.25, -0.2) is 0 Å².